The summed E-state index contributed by atoms with van der Waals surface area (Å²) >= 11 is 10.3. The molecule has 119 heavy (non-hydrogen) atoms. The van der Waals surface area contributed by atoms with E-state index >= 15 is 0 Å². The molecule has 4 aliphatic rings. The molecule has 3 aromatic rings. The van der Waals surface area contributed by atoms with Crippen molar-refractivity contribution >= 4 is 104 Å². The molecule has 20 atom stereocenters. The van der Waals surface area contributed by atoms with Crippen molar-refractivity contribution in [3.8, 4) is 0 Å². The van der Waals surface area contributed by atoms with Gasteiger partial charge in [-0.1, -0.05) is 91.0 Å². The first kappa shape index (κ1) is 109. The Morgan fingerprint density at radius 3 is 1.01 bits per heavy atom. The maximum Gasteiger partial charge on any atom is 1.00 e. The van der Waals surface area contributed by atoms with Crippen LogP contribution in [0.2, 0.25) is 0 Å². The smallest absolute Gasteiger partial charge is 0.463 e. The Kier molecular flexibility index (Phi) is 52.8. The number of carbonyl (C=O) groups excluding carboxylic acids is 12. The Morgan fingerprint density at radius 2 is 0.714 bits per heavy atom. The van der Waals surface area contributed by atoms with Gasteiger partial charge in [-0.15, -0.1) is 0 Å². The van der Waals surface area contributed by atoms with Gasteiger partial charge in [0, 0.05) is 55.4 Å². The normalized spacial score (nSPS) is 25.8. The van der Waals surface area contributed by atoms with Gasteiger partial charge in [0.05, 0.1) is 39.3 Å². The molecule has 12 N–H and O–H groups in total. The van der Waals surface area contributed by atoms with Gasteiger partial charge in [0.25, 0.3) is 10.1 Å². The van der Waals surface area contributed by atoms with Crippen LogP contribution in [-0.4, -0.2) is 302 Å². The molecular formula is C70H96Cl2N7NaO38S. The summed E-state index contributed by atoms with van der Waals surface area (Å²) in [5.41, 5.74) is 16.3. The first-order valence-electron chi connectivity index (χ1n) is 34.9. The van der Waals surface area contributed by atoms with Crippen molar-refractivity contribution < 1.29 is 212 Å². The van der Waals surface area contributed by atoms with Crippen LogP contribution in [0.5, 0.6) is 0 Å². The number of hydrogen-bond donors (Lipinski definition) is 12. The summed E-state index contributed by atoms with van der Waals surface area (Å²) in [5.74, 6) is -8.33. The average Bonchev–Trinajstić information content (AvgIpc) is 0.790. The van der Waals surface area contributed by atoms with E-state index in [9.17, 15) is 96.6 Å². The minimum atomic E-state index is -3.96. The molecule has 4 fully saturated rings. The Morgan fingerprint density at radius 1 is 0.420 bits per heavy atom. The minimum Gasteiger partial charge on any atom is -0.463 e. The second kappa shape index (κ2) is 57.8. The van der Waals surface area contributed by atoms with E-state index in [-0.39, 0.29) is 62.6 Å². The largest absolute Gasteiger partial charge is 1.00 e. The van der Waals surface area contributed by atoms with Gasteiger partial charge in [-0.3, -0.25) is 66.6 Å². The minimum absolute atomic E-state index is 0. The van der Waals surface area contributed by atoms with Gasteiger partial charge in [0.2, 0.25) is 35.5 Å². The van der Waals surface area contributed by atoms with Crippen LogP contribution < -0.4 is 50.3 Å². The molecule has 0 aromatic heterocycles. The van der Waals surface area contributed by atoms with E-state index in [1.165, 1.54) is 4.91 Å². The van der Waals surface area contributed by atoms with Crippen molar-refractivity contribution in [2.75, 3.05) is 59.1 Å². The SMILES string of the molecule is CC(=O)OCC1O[C@H](OC(C)=O)C(NC(=O)COCc2ccccc2)[C@@H](OC(C)=O)[C@@H]1OC(C)=O.CC(=O)OCC1O[C@H](OC(C)=O)C(NC(=O)COS(C)(=O)=O)[C@@H](OC(C)=O)[C@@H]1OC(C)=O.O=C(COCc1ccccc1)NC1C(O)OC(CO)[C@@H](O)[C@@H]1O.O=C(Cl)COCc1ccccc1.OCC1OC(O)C(NCl)[C@@H](O)[C@@H]1O.[N-]=[N+]=[N-].[Na+]. The van der Waals surface area contributed by atoms with Gasteiger partial charge < -0.3 is 139 Å². The van der Waals surface area contributed by atoms with E-state index in [4.69, 9.17) is 116 Å². The number of hydrogen-bond acceptors (Lipinski definition) is 39. The predicted molar refractivity (Wildman–Crippen MR) is 395 cm³/mol. The number of halogens is 2. The molecule has 0 saturated carbocycles. The molecule has 4 heterocycles. The molecule has 0 aliphatic carbocycles. The van der Waals surface area contributed by atoms with Gasteiger partial charge >= 0.3 is 77.3 Å². The standard InChI is InChI=1S/C23H29NO11.C17H25NO13S.C15H21NO7.C9H9ClO2.C6H12ClNO5.N3.Na/c1-13(25)31-11-18-21(32-14(2)26)22(33-15(3)27)20(23(35-18)34-16(4)28)24-19(29)12-30-10-17-8-6-5-7-9-17;1-8(19)26-6-12-15(28-9(2)20)16(29-10(3)21)14(17(31-12)30-11(4)22)18-13(23)7-27-32(5,24)25;17-6-10-13(19)14(20)12(15(21)23-10)16-11(18)8-22-7-9-4-2-1-3-5-9;10-9(11)7-12-6-8-4-2-1-3-5-8;7-8-3-5(11)4(10)2(1-9)13-6(3)12;1-3-2;/h5-9,18,20-23H,10-12H2,1-4H3,(H,24,29);12,14-17H,6-7H2,1-5H3,(H,18,23);1-5,10,12-15,17,19-21H,6-8H2,(H,16,18);1-5H,6-7H2;2-6,8-12H,1H2;;/q;;;;;-1;+1/t18?,20?,21-,22-,23+;12?,14?,15-,16-,17+;10?,12?,13-,14-,15?;;2?,3?,4-,5-,6?;;/m111.1../s1. The first-order chi connectivity index (χ1) is 55.6. The molecule has 3 amide bonds. The monoisotopic (exact) mass is 1770 g/mol. The Hall–Kier alpha value is -8.34. The van der Waals surface area contributed by atoms with Crippen molar-refractivity contribution in [3.05, 3.63) is 124 Å². The number of carbonyl (C=O) groups is 12. The van der Waals surface area contributed by atoms with Crippen molar-refractivity contribution in [1.29, 1.82) is 0 Å². The van der Waals surface area contributed by atoms with Crippen LogP contribution in [-0.2, 0) is 163 Å². The molecule has 0 bridgehead atoms. The van der Waals surface area contributed by atoms with E-state index in [2.05, 4.69) is 25.0 Å². The molecule has 7 rings (SSSR count). The van der Waals surface area contributed by atoms with Gasteiger partial charge in [-0.25, -0.2) is 4.84 Å². The Labute approximate surface area is 713 Å². The van der Waals surface area contributed by atoms with Crippen LogP contribution >= 0.6 is 23.4 Å². The van der Waals surface area contributed by atoms with Crippen LogP contribution in [0.15, 0.2) is 91.0 Å². The van der Waals surface area contributed by atoms with E-state index in [0.717, 1.165) is 78.3 Å². The predicted octanol–water partition coefficient (Wildman–Crippen LogP) is -5.95. The molecule has 4 saturated heterocycles. The maximum atomic E-state index is 12.6. The van der Waals surface area contributed by atoms with Crippen LogP contribution in [0, 0.1) is 0 Å². The zero-order chi connectivity index (χ0) is 88.9. The van der Waals surface area contributed by atoms with Crippen LogP contribution in [0.25, 0.3) is 16.0 Å². The summed E-state index contributed by atoms with van der Waals surface area (Å²) in [6.45, 7) is 6.06. The van der Waals surface area contributed by atoms with Crippen molar-refractivity contribution in [3.63, 3.8) is 0 Å². The Bertz CT molecular complexity index is 3800. The number of aliphatic hydroxyl groups is 8. The summed E-state index contributed by atoms with van der Waals surface area (Å²) < 4.78 is 104. The van der Waals surface area contributed by atoms with E-state index in [1.54, 1.807) is 0 Å². The molecule has 45 nitrogen and oxygen atoms in total. The summed E-state index contributed by atoms with van der Waals surface area (Å²) in [6, 6.07) is 23.2. The zero-order valence-electron chi connectivity index (χ0n) is 65.8. The third-order valence-electron chi connectivity index (χ3n) is 15.3. The summed E-state index contributed by atoms with van der Waals surface area (Å²) in [4.78, 5) is 143. The van der Waals surface area contributed by atoms with Crippen LogP contribution in [0.1, 0.15) is 72.1 Å². The first-order valence-corrected chi connectivity index (χ1v) is 37.5. The number of aliphatic hydroxyl groups excluding tert-OH is 8. The van der Waals surface area contributed by atoms with Gasteiger partial charge in [-0.05, 0) is 40.1 Å². The fraction of sp³-hybridized carbons (Fsp3) is 0.571. The van der Waals surface area contributed by atoms with Crippen LogP contribution in [0.4, 0.5) is 0 Å². The summed E-state index contributed by atoms with van der Waals surface area (Å²) in [7, 11) is -3.96. The molecular weight excluding hydrogens is 1670 g/mol. The molecule has 660 valence electrons. The number of ether oxygens (including phenoxy) is 15. The second-order valence-corrected chi connectivity index (χ2v) is 27.2. The van der Waals surface area contributed by atoms with E-state index in [0.29, 0.717) is 6.61 Å². The topological polar surface area (TPSA) is 655 Å². The number of nitrogens with zero attached hydrogens (tertiary/aromatic N) is 3. The zero-order valence-corrected chi connectivity index (χ0v) is 70.1. The fourth-order valence-electron chi connectivity index (χ4n) is 10.4. The number of rotatable bonds is 31. The number of benzene rings is 3. The molecule has 0 spiro atoms. The quantitative estimate of drug-likeness (QED) is 0.00328. The molecule has 49 heteroatoms. The fourth-order valence-corrected chi connectivity index (χ4v) is 11.1. The third kappa shape index (κ3) is 43.1. The number of esters is 8. The van der Waals surface area contributed by atoms with Crippen LogP contribution in [0.3, 0.4) is 0 Å². The number of nitrogens with one attached hydrogen (secondary N) is 4. The maximum absolute atomic E-state index is 12.6. The summed E-state index contributed by atoms with van der Waals surface area (Å²) in [6.07, 6.45) is -20.7. The van der Waals surface area contributed by atoms with E-state index in [1.807, 2.05) is 91.0 Å². The van der Waals surface area contributed by atoms with Crippen molar-refractivity contribution in [1.82, 2.24) is 20.8 Å². The molecule has 3 aromatic carbocycles. The van der Waals surface area contributed by atoms with E-state index < -0.39 is 236 Å². The van der Waals surface area contributed by atoms with Gasteiger partial charge in [0.1, 0.15) is 113 Å². The van der Waals surface area contributed by atoms with Crippen molar-refractivity contribution in [2.24, 2.45) is 0 Å². The average molecular weight is 1770 g/mol. The summed E-state index contributed by atoms with van der Waals surface area (Å²) in [5, 5.41) is 81.7. The van der Waals surface area contributed by atoms with Crippen molar-refractivity contribution in [2.45, 2.75) is 198 Å². The van der Waals surface area contributed by atoms with Gasteiger partial charge in [0.15, 0.2) is 37.0 Å². The second-order valence-electron chi connectivity index (χ2n) is 24.9. The molecule has 0 radical (unpaired) electrons. The molecule has 4 aliphatic heterocycles. The number of amides is 3. The third-order valence-corrected chi connectivity index (χ3v) is 16.2. The Balaban J connectivity index is 0.000000773. The molecule has 10 unspecified atom stereocenters. The van der Waals surface area contributed by atoms with Gasteiger partial charge in [-0.2, -0.15) is 8.42 Å².